The van der Waals surface area contributed by atoms with Gasteiger partial charge in [-0.2, -0.15) is 0 Å². The minimum atomic E-state index is -1.12. The Morgan fingerprint density at radius 1 is 1.07 bits per heavy atom. The van der Waals surface area contributed by atoms with Crippen molar-refractivity contribution in [1.29, 1.82) is 0 Å². The average Bonchev–Trinajstić information content (AvgIpc) is 2.71. The molecule has 0 fully saturated rings. The zero-order chi connectivity index (χ0) is 21.2. The molecule has 0 heterocycles. The Morgan fingerprint density at radius 3 is 2.18 bits per heavy atom. The SMILES string of the molecule is CC[C@H](C)[C@H](NC(=O)OCc1ccccc1)C(=O)OCC(CC)(CC)C(=O)O. The van der Waals surface area contributed by atoms with Crippen LogP contribution in [0.2, 0.25) is 0 Å². The summed E-state index contributed by atoms with van der Waals surface area (Å²) in [5, 5.41) is 12.0. The van der Waals surface area contributed by atoms with Gasteiger partial charge in [0.15, 0.2) is 0 Å². The molecule has 0 aliphatic rings. The predicted molar refractivity (Wildman–Crippen MR) is 105 cm³/mol. The zero-order valence-corrected chi connectivity index (χ0v) is 17.1. The summed E-state index contributed by atoms with van der Waals surface area (Å²) in [6.45, 7) is 7.05. The van der Waals surface area contributed by atoms with Gasteiger partial charge in [-0.3, -0.25) is 4.79 Å². The van der Waals surface area contributed by atoms with Crippen LogP contribution in [0.25, 0.3) is 0 Å². The van der Waals surface area contributed by atoms with Gasteiger partial charge in [0, 0.05) is 0 Å². The van der Waals surface area contributed by atoms with Crippen LogP contribution >= 0.6 is 0 Å². The Labute approximate surface area is 166 Å². The van der Waals surface area contributed by atoms with Crippen LogP contribution in [-0.4, -0.2) is 35.8 Å². The number of hydrogen-bond donors (Lipinski definition) is 2. The van der Waals surface area contributed by atoms with Gasteiger partial charge in [0.25, 0.3) is 0 Å². The molecule has 0 aliphatic heterocycles. The normalized spacial score (nSPS) is 13.3. The van der Waals surface area contributed by atoms with Crippen LogP contribution in [0.1, 0.15) is 52.5 Å². The highest BCUT2D eigenvalue weighted by Gasteiger charge is 2.38. The van der Waals surface area contributed by atoms with Crippen LogP contribution in [0, 0.1) is 11.3 Å². The molecule has 156 valence electrons. The summed E-state index contributed by atoms with van der Waals surface area (Å²) in [6.07, 6.45) is 0.588. The first-order valence-corrected chi connectivity index (χ1v) is 9.66. The van der Waals surface area contributed by atoms with Crippen molar-refractivity contribution in [2.45, 2.75) is 59.6 Å². The second-order valence-electron chi connectivity index (χ2n) is 6.97. The van der Waals surface area contributed by atoms with Crippen molar-refractivity contribution in [3.8, 4) is 0 Å². The lowest BCUT2D eigenvalue weighted by molar-refractivity contribution is -0.161. The molecule has 1 aromatic carbocycles. The van der Waals surface area contributed by atoms with E-state index in [4.69, 9.17) is 9.47 Å². The Hall–Kier alpha value is -2.57. The molecule has 0 unspecified atom stereocenters. The first-order chi connectivity index (χ1) is 13.3. The number of amides is 1. The number of carbonyl (C=O) groups is 3. The molecule has 28 heavy (non-hydrogen) atoms. The number of aliphatic carboxylic acids is 1. The maximum atomic E-state index is 12.6. The van der Waals surface area contributed by atoms with Gasteiger partial charge in [-0.15, -0.1) is 0 Å². The standard InChI is InChI=1S/C21H31NO6/c1-5-15(4)17(18(23)28-14-21(6-2,7-3)19(24)25)22-20(26)27-13-16-11-9-8-10-12-16/h8-12,15,17H,5-7,13-14H2,1-4H3,(H,22,26)(H,24,25)/t15-,17-/m0/s1. The number of rotatable bonds is 11. The number of ether oxygens (including phenoxy) is 2. The molecule has 1 amide bonds. The Morgan fingerprint density at radius 2 is 1.68 bits per heavy atom. The van der Waals surface area contributed by atoms with Crippen LogP contribution in [-0.2, 0) is 25.7 Å². The van der Waals surface area contributed by atoms with Crippen LogP contribution in [0.5, 0.6) is 0 Å². The highest BCUT2D eigenvalue weighted by atomic mass is 16.6. The summed E-state index contributed by atoms with van der Waals surface area (Å²) in [6, 6.07) is 8.29. The highest BCUT2D eigenvalue weighted by Crippen LogP contribution is 2.27. The van der Waals surface area contributed by atoms with E-state index in [1.54, 1.807) is 13.8 Å². The molecular formula is C21H31NO6. The van der Waals surface area contributed by atoms with Crippen molar-refractivity contribution in [2.75, 3.05) is 6.61 Å². The van der Waals surface area contributed by atoms with Crippen LogP contribution in [0.15, 0.2) is 30.3 Å². The molecule has 0 saturated heterocycles. The molecule has 1 rings (SSSR count). The molecule has 0 saturated carbocycles. The maximum Gasteiger partial charge on any atom is 0.408 e. The number of hydrogen-bond acceptors (Lipinski definition) is 5. The van der Waals surface area contributed by atoms with E-state index in [0.717, 1.165) is 5.56 Å². The quantitative estimate of drug-likeness (QED) is 0.555. The molecule has 2 atom stereocenters. The van der Waals surface area contributed by atoms with E-state index < -0.39 is 29.5 Å². The van der Waals surface area contributed by atoms with Gasteiger partial charge in [0.2, 0.25) is 0 Å². The lowest BCUT2D eigenvalue weighted by atomic mass is 9.83. The molecule has 0 bridgehead atoms. The van der Waals surface area contributed by atoms with E-state index in [-0.39, 0.29) is 19.1 Å². The molecular weight excluding hydrogens is 362 g/mol. The second kappa shape index (κ2) is 11.3. The fourth-order valence-corrected chi connectivity index (χ4v) is 2.68. The molecule has 0 spiro atoms. The maximum absolute atomic E-state index is 12.6. The van der Waals surface area contributed by atoms with Gasteiger partial charge in [0.1, 0.15) is 24.7 Å². The molecule has 1 aromatic rings. The third-order valence-corrected chi connectivity index (χ3v) is 5.25. The molecule has 7 nitrogen and oxygen atoms in total. The monoisotopic (exact) mass is 393 g/mol. The lowest BCUT2D eigenvalue weighted by Crippen LogP contribution is -2.47. The minimum absolute atomic E-state index is 0.0861. The molecule has 0 aliphatic carbocycles. The van der Waals surface area contributed by atoms with E-state index in [2.05, 4.69) is 5.32 Å². The van der Waals surface area contributed by atoms with E-state index >= 15 is 0 Å². The zero-order valence-electron chi connectivity index (χ0n) is 17.1. The Bertz CT molecular complexity index is 642. The van der Waals surface area contributed by atoms with E-state index in [9.17, 15) is 19.5 Å². The van der Waals surface area contributed by atoms with Crippen LogP contribution in [0.3, 0.4) is 0 Å². The number of alkyl carbamates (subject to hydrolysis) is 1. The summed E-state index contributed by atoms with van der Waals surface area (Å²) in [5.41, 5.74) is -0.291. The molecule has 0 radical (unpaired) electrons. The van der Waals surface area contributed by atoms with Crippen LogP contribution < -0.4 is 5.32 Å². The van der Waals surface area contributed by atoms with E-state index in [1.807, 2.05) is 44.2 Å². The number of carboxylic acid groups (broad SMARTS) is 1. The lowest BCUT2D eigenvalue weighted by Gasteiger charge is -2.28. The molecule has 2 N–H and O–H groups in total. The third kappa shape index (κ3) is 6.55. The highest BCUT2D eigenvalue weighted by molar-refractivity contribution is 5.82. The van der Waals surface area contributed by atoms with Gasteiger partial charge in [-0.25, -0.2) is 9.59 Å². The van der Waals surface area contributed by atoms with Gasteiger partial charge in [-0.05, 0) is 24.3 Å². The third-order valence-electron chi connectivity index (χ3n) is 5.25. The summed E-state index contributed by atoms with van der Waals surface area (Å²) in [4.78, 5) is 36.3. The number of nitrogens with one attached hydrogen (secondary N) is 1. The summed E-state index contributed by atoms with van der Waals surface area (Å²) in [5.74, 6) is -1.85. The van der Waals surface area contributed by atoms with Gasteiger partial charge < -0.3 is 19.9 Å². The Balaban J connectivity index is 2.71. The average molecular weight is 393 g/mol. The minimum Gasteiger partial charge on any atom is -0.481 e. The first-order valence-electron chi connectivity index (χ1n) is 9.66. The van der Waals surface area contributed by atoms with Gasteiger partial charge in [0.05, 0.1) is 0 Å². The van der Waals surface area contributed by atoms with E-state index in [0.29, 0.717) is 19.3 Å². The van der Waals surface area contributed by atoms with Crippen molar-refractivity contribution < 1.29 is 29.0 Å². The number of carbonyl (C=O) groups excluding carboxylic acids is 2. The van der Waals surface area contributed by atoms with Crippen molar-refractivity contribution in [2.24, 2.45) is 11.3 Å². The summed E-state index contributed by atoms with van der Waals surface area (Å²) < 4.78 is 10.5. The van der Waals surface area contributed by atoms with Crippen molar-refractivity contribution in [3.05, 3.63) is 35.9 Å². The largest absolute Gasteiger partial charge is 0.481 e. The fraction of sp³-hybridized carbons (Fsp3) is 0.571. The van der Waals surface area contributed by atoms with Crippen molar-refractivity contribution in [3.63, 3.8) is 0 Å². The van der Waals surface area contributed by atoms with Crippen molar-refractivity contribution >= 4 is 18.0 Å². The second-order valence-corrected chi connectivity index (χ2v) is 6.97. The fourth-order valence-electron chi connectivity index (χ4n) is 2.68. The first kappa shape index (κ1) is 23.5. The van der Waals surface area contributed by atoms with Crippen molar-refractivity contribution in [1.82, 2.24) is 5.32 Å². The van der Waals surface area contributed by atoms with Crippen LogP contribution in [0.4, 0.5) is 4.79 Å². The number of esters is 1. The molecule has 0 aromatic heterocycles. The number of benzene rings is 1. The van der Waals surface area contributed by atoms with E-state index in [1.165, 1.54) is 0 Å². The number of carboxylic acids is 1. The van der Waals surface area contributed by atoms with Gasteiger partial charge >= 0.3 is 18.0 Å². The summed E-state index contributed by atoms with van der Waals surface area (Å²) in [7, 11) is 0. The Kier molecular flexibility index (Phi) is 9.48. The molecule has 7 heteroatoms. The topological polar surface area (TPSA) is 102 Å². The smallest absolute Gasteiger partial charge is 0.408 e. The predicted octanol–water partition coefficient (Wildman–Crippen LogP) is 3.76. The van der Waals surface area contributed by atoms with Gasteiger partial charge in [-0.1, -0.05) is 64.4 Å². The summed E-state index contributed by atoms with van der Waals surface area (Å²) >= 11 is 0.